The van der Waals surface area contributed by atoms with Gasteiger partial charge in [-0.05, 0) is 69.4 Å². The summed E-state index contributed by atoms with van der Waals surface area (Å²) in [4.78, 5) is 39.9. The van der Waals surface area contributed by atoms with E-state index in [-0.39, 0.29) is 34.3 Å². The summed E-state index contributed by atoms with van der Waals surface area (Å²) in [6.07, 6.45) is -5.09. The standard InChI is InChI=1S/C29H27ClF3N3O6/c1-27(2,34)26(39)41-19-11-7-17(8-12-19)28(16-5-9-18(10-6-16)40-22(37)15-36(3)4)20-13-14-21(30)24(42-29(31,32)33)23(20)35-25(28)38/h5-14H,15,34H2,1-4H3,(H,35,38). The molecule has 3 aromatic carbocycles. The third-order valence-electron chi connectivity index (χ3n) is 6.30. The van der Waals surface area contributed by atoms with E-state index in [2.05, 4.69) is 10.1 Å². The molecule has 1 heterocycles. The molecule has 0 saturated heterocycles. The smallest absolute Gasteiger partial charge is 0.426 e. The lowest BCUT2D eigenvalue weighted by Crippen LogP contribution is -2.44. The highest BCUT2D eigenvalue weighted by atomic mass is 35.5. The van der Waals surface area contributed by atoms with E-state index in [1.165, 1.54) is 74.5 Å². The molecule has 9 nitrogen and oxygen atoms in total. The van der Waals surface area contributed by atoms with Gasteiger partial charge in [0.15, 0.2) is 5.75 Å². The maximum atomic E-state index is 13.9. The minimum Gasteiger partial charge on any atom is -0.426 e. The van der Waals surface area contributed by atoms with Crippen molar-refractivity contribution in [1.82, 2.24) is 4.90 Å². The van der Waals surface area contributed by atoms with E-state index in [4.69, 9.17) is 26.8 Å². The Morgan fingerprint density at radius 1 is 0.929 bits per heavy atom. The average Bonchev–Trinajstić information content (AvgIpc) is 3.18. The molecule has 1 amide bonds. The van der Waals surface area contributed by atoms with Crippen LogP contribution in [0.15, 0.2) is 60.7 Å². The second-order valence-corrected chi connectivity index (χ2v) is 10.8. The lowest BCUT2D eigenvalue weighted by molar-refractivity contribution is -0.274. The Hall–Kier alpha value is -4.13. The SMILES string of the molecule is CN(C)CC(=O)Oc1ccc(C2(c3ccc(OC(=O)C(C)(C)N)cc3)C(=O)Nc3c2ccc(Cl)c3OC(F)(F)F)cc1. The fraction of sp³-hybridized carbons (Fsp3) is 0.276. The van der Waals surface area contributed by atoms with Gasteiger partial charge in [-0.3, -0.25) is 14.5 Å². The van der Waals surface area contributed by atoms with Gasteiger partial charge in [0, 0.05) is 5.56 Å². The maximum absolute atomic E-state index is 13.9. The fourth-order valence-electron chi connectivity index (χ4n) is 4.49. The first kappa shape index (κ1) is 30.8. The number of carbonyl (C=O) groups is 3. The zero-order valence-electron chi connectivity index (χ0n) is 23.0. The molecule has 1 aliphatic rings. The summed E-state index contributed by atoms with van der Waals surface area (Å²) >= 11 is 6.07. The van der Waals surface area contributed by atoms with Crippen LogP contribution in [0.5, 0.6) is 17.2 Å². The Labute approximate surface area is 244 Å². The molecular formula is C29H27ClF3N3O6. The van der Waals surface area contributed by atoms with Crippen LogP contribution >= 0.6 is 11.6 Å². The molecule has 3 aromatic rings. The van der Waals surface area contributed by atoms with Crippen molar-refractivity contribution in [3.05, 3.63) is 82.4 Å². The Bertz CT molecular complexity index is 1520. The number of alkyl halides is 3. The number of nitrogens with two attached hydrogens (primary N) is 1. The summed E-state index contributed by atoms with van der Waals surface area (Å²) in [7, 11) is 3.41. The number of nitrogens with zero attached hydrogens (tertiary/aromatic N) is 1. The van der Waals surface area contributed by atoms with E-state index < -0.39 is 40.9 Å². The summed E-state index contributed by atoms with van der Waals surface area (Å²) in [5.74, 6) is -2.34. The largest absolute Gasteiger partial charge is 0.573 e. The van der Waals surface area contributed by atoms with Gasteiger partial charge in [-0.1, -0.05) is 41.9 Å². The van der Waals surface area contributed by atoms with Crippen LogP contribution in [-0.2, 0) is 19.8 Å². The van der Waals surface area contributed by atoms with Gasteiger partial charge in [0.2, 0.25) is 5.91 Å². The Kier molecular flexibility index (Phi) is 8.27. The van der Waals surface area contributed by atoms with E-state index in [0.29, 0.717) is 11.1 Å². The number of rotatable bonds is 8. The van der Waals surface area contributed by atoms with Crippen molar-refractivity contribution in [3.8, 4) is 17.2 Å². The lowest BCUT2D eigenvalue weighted by atomic mass is 9.70. The lowest BCUT2D eigenvalue weighted by Gasteiger charge is -2.29. The second-order valence-electron chi connectivity index (χ2n) is 10.4. The molecule has 0 spiro atoms. The number of carbonyl (C=O) groups excluding carboxylic acids is 3. The summed E-state index contributed by atoms with van der Waals surface area (Å²) in [6.45, 7) is 2.99. The first-order valence-electron chi connectivity index (χ1n) is 12.5. The number of fused-ring (bicyclic) bond motifs is 1. The number of amides is 1. The third kappa shape index (κ3) is 6.20. The Morgan fingerprint density at radius 3 is 1.93 bits per heavy atom. The zero-order valence-corrected chi connectivity index (χ0v) is 23.7. The number of anilines is 1. The van der Waals surface area contributed by atoms with Crippen LogP contribution in [0.2, 0.25) is 5.02 Å². The number of hydrogen-bond donors (Lipinski definition) is 2. The monoisotopic (exact) mass is 605 g/mol. The molecule has 42 heavy (non-hydrogen) atoms. The average molecular weight is 606 g/mol. The van der Waals surface area contributed by atoms with Crippen LogP contribution in [0.3, 0.4) is 0 Å². The van der Waals surface area contributed by atoms with E-state index >= 15 is 0 Å². The second kappa shape index (κ2) is 11.3. The number of likely N-dealkylation sites (N-methyl/N-ethyl adjacent to an activating group) is 1. The van der Waals surface area contributed by atoms with Crippen molar-refractivity contribution in [2.24, 2.45) is 5.73 Å². The van der Waals surface area contributed by atoms with Gasteiger partial charge in [-0.15, -0.1) is 13.2 Å². The van der Waals surface area contributed by atoms with E-state index in [1.807, 2.05) is 0 Å². The van der Waals surface area contributed by atoms with Crippen LogP contribution in [-0.4, -0.2) is 55.3 Å². The molecule has 13 heteroatoms. The zero-order chi connectivity index (χ0) is 31.0. The van der Waals surface area contributed by atoms with Crippen molar-refractivity contribution in [3.63, 3.8) is 0 Å². The Morgan fingerprint density at radius 2 is 1.45 bits per heavy atom. The fourth-order valence-corrected chi connectivity index (χ4v) is 4.68. The Balaban J connectivity index is 1.85. The van der Waals surface area contributed by atoms with E-state index in [0.717, 1.165) is 0 Å². The maximum Gasteiger partial charge on any atom is 0.573 e. The molecule has 3 N–H and O–H groups in total. The summed E-state index contributed by atoms with van der Waals surface area (Å²) in [6, 6.07) is 14.5. The summed E-state index contributed by atoms with van der Waals surface area (Å²) in [5, 5.41) is 2.15. The molecule has 0 aliphatic carbocycles. The highest BCUT2D eigenvalue weighted by molar-refractivity contribution is 6.33. The van der Waals surface area contributed by atoms with Crippen molar-refractivity contribution in [1.29, 1.82) is 0 Å². The van der Waals surface area contributed by atoms with Gasteiger partial charge < -0.3 is 25.3 Å². The molecule has 1 aliphatic heterocycles. The van der Waals surface area contributed by atoms with Gasteiger partial charge >= 0.3 is 18.3 Å². The molecule has 0 radical (unpaired) electrons. The van der Waals surface area contributed by atoms with Crippen LogP contribution in [0, 0.1) is 0 Å². The van der Waals surface area contributed by atoms with Gasteiger partial charge in [0.05, 0.1) is 17.3 Å². The highest BCUT2D eigenvalue weighted by Crippen LogP contribution is 2.53. The van der Waals surface area contributed by atoms with Gasteiger partial charge in [-0.25, -0.2) is 4.79 Å². The van der Waals surface area contributed by atoms with Crippen molar-refractivity contribution >= 4 is 35.1 Å². The van der Waals surface area contributed by atoms with Crippen LogP contribution in [0.4, 0.5) is 18.9 Å². The van der Waals surface area contributed by atoms with Crippen molar-refractivity contribution in [2.75, 3.05) is 26.0 Å². The van der Waals surface area contributed by atoms with Gasteiger partial charge in [0.1, 0.15) is 22.5 Å². The van der Waals surface area contributed by atoms with Crippen molar-refractivity contribution in [2.45, 2.75) is 31.2 Å². The van der Waals surface area contributed by atoms with Crippen LogP contribution in [0.25, 0.3) is 0 Å². The molecule has 0 fully saturated rings. The number of esters is 2. The first-order chi connectivity index (χ1) is 19.5. The minimum atomic E-state index is -5.09. The normalized spacial score (nSPS) is 16.6. The molecule has 1 unspecified atom stereocenters. The van der Waals surface area contributed by atoms with E-state index in [1.54, 1.807) is 19.0 Å². The number of ether oxygens (including phenoxy) is 3. The molecule has 4 rings (SSSR count). The topological polar surface area (TPSA) is 120 Å². The number of halogens is 4. The van der Waals surface area contributed by atoms with Gasteiger partial charge in [-0.2, -0.15) is 0 Å². The first-order valence-corrected chi connectivity index (χ1v) is 12.9. The predicted octanol–water partition coefficient (Wildman–Crippen LogP) is 4.63. The highest BCUT2D eigenvalue weighted by Gasteiger charge is 2.52. The number of hydrogen-bond acceptors (Lipinski definition) is 8. The van der Waals surface area contributed by atoms with Crippen LogP contribution in [0.1, 0.15) is 30.5 Å². The minimum absolute atomic E-state index is 0.0302. The predicted molar refractivity (Wildman–Crippen MR) is 148 cm³/mol. The van der Waals surface area contributed by atoms with E-state index in [9.17, 15) is 27.6 Å². The molecule has 1 atom stereocenters. The summed E-state index contributed by atoms with van der Waals surface area (Å²) in [5.41, 5.74) is 3.35. The molecule has 0 saturated carbocycles. The van der Waals surface area contributed by atoms with Crippen LogP contribution < -0.4 is 25.3 Å². The summed E-state index contributed by atoms with van der Waals surface area (Å²) < 4.78 is 54.8. The van der Waals surface area contributed by atoms with Crippen molar-refractivity contribution < 1.29 is 41.8 Å². The quantitative estimate of drug-likeness (QED) is 0.282. The molecule has 0 aromatic heterocycles. The van der Waals surface area contributed by atoms with Gasteiger partial charge in [0.25, 0.3) is 0 Å². The molecule has 0 bridgehead atoms. The molecule has 222 valence electrons. The molecular weight excluding hydrogens is 579 g/mol. The third-order valence-corrected chi connectivity index (χ3v) is 6.60. The number of benzene rings is 3. The number of nitrogens with one attached hydrogen (secondary N) is 1.